The van der Waals surface area contributed by atoms with Crippen LogP contribution in [-0.2, 0) is 9.53 Å². The van der Waals surface area contributed by atoms with E-state index in [-0.39, 0.29) is 18.7 Å². The van der Waals surface area contributed by atoms with Crippen LogP contribution in [-0.4, -0.2) is 29.7 Å². The molecule has 20 heavy (non-hydrogen) atoms. The third-order valence-corrected chi connectivity index (χ3v) is 3.17. The van der Waals surface area contributed by atoms with Crippen molar-refractivity contribution >= 4 is 17.6 Å². The number of hydrogen-bond donors (Lipinski definition) is 1. The molecule has 1 unspecified atom stereocenters. The molecule has 0 bridgehead atoms. The van der Waals surface area contributed by atoms with Gasteiger partial charge in [0.2, 0.25) is 0 Å². The van der Waals surface area contributed by atoms with Crippen molar-refractivity contribution in [3.8, 4) is 0 Å². The average Bonchev–Trinajstić information content (AvgIpc) is 2.37. The molecule has 4 heteroatoms. The lowest BCUT2D eigenvalue weighted by Gasteiger charge is -2.15. The van der Waals surface area contributed by atoms with Crippen LogP contribution in [0, 0.1) is 0 Å². The molecule has 1 atom stereocenters. The van der Waals surface area contributed by atoms with Gasteiger partial charge in [-0.3, -0.25) is 4.79 Å². The minimum absolute atomic E-state index is 0.0949. The van der Waals surface area contributed by atoms with Gasteiger partial charge in [-0.1, -0.05) is 23.8 Å². The third kappa shape index (κ3) is 9.82. The first-order valence-corrected chi connectivity index (χ1v) is 7.26. The molecule has 114 valence electrons. The molecule has 0 rings (SSSR count). The molecule has 0 amide bonds. The van der Waals surface area contributed by atoms with Gasteiger partial charge < -0.3 is 9.84 Å². The molecule has 0 aliphatic carbocycles. The number of hydrogen-bond acceptors (Lipinski definition) is 3. The fourth-order valence-corrected chi connectivity index (χ4v) is 1.81. The summed E-state index contributed by atoms with van der Waals surface area (Å²) in [6.07, 6.45) is 5.92. The summed E-state index contributed by atoms with van der Waals surface area (Å²) in [5, 5.41) is 9.00. The Hall–Kier alpha value is -1.06. The van der Waals surface area contributed by atoms with Gasteiger partial charge in [-0.2, -0.15) is 0 Å². The van der Waals surface area contributed by atoms with Crippen LogP contribution < -0.4 is 0 Å². The highest BCUT2D eigenvalue weighted by molar-refractivity contribution is 6.19. The summed E-state index contributed by atoms with van der Waals surface area (Å²) in [5.41, 5.74) is 2.95. The van der Waals surface area contributed by atoms with Gasteiger partial charge in [0.25, 0.3) is 0 Å². The molecule has 0 aromatic rings. The van der Waals surface area contributed by atoms with Gasteiger partial charge in [0.1, 0.15) is 6.10 Å². The highest BCUT2D eigenvalue weighted by Crippen LogP contribution is 2.14. The van der Waals surface area contributed by atoms with Crippen LogP contribution in [0.25, 0.3) is 0 Å². The molecule has 0 radical (unpaired) electrons. The lowest BCUT2D eigenvalue weighted by Crippen LogP contribution is -2.16. The number of alkyl halides is 1. The Balaban J connectivity index is 4.54. The number of carbonyl (C=O) groups excluding carboxylic acids is 1. The maximum Gasteiger partial charge on any atom is 0.303 e. The quantitative estimate of drug-likeness (QED) is 0.400. The predicted molar refractivity (Wildman–Crippen MR) is 83.9 cm³/mol. The van der Waals surface area contributed by atoms with Crippen LogP contribution in [0.3, 0.4) is 0 Å². The van der Waals surface area contributed by atoms with Crippen molar-refractivity contribution in [3.05, 3.63) is 35.5 Å². The summed E-state index contributed by atoms with van der Waals surface area (Å²) in [6, 6.07) is 0. The Morgan fingerprint density at radius 3 is 2.50 bits per heavy atom. The van der Waals surface area contributed by atoms with Gasteiger partial charge in [0.15, 0.2) is 0 Å². The van der Waals surface area contributed by atoms with E-state index in [1.54, 1.807) is 0 Å². The lowest BCUT2D eigenvalue weighted by molar-refractivity contribution is -0.144. The number of carbonyl (C=O) groups is 1. The topological polar surface area (TPSA) is 46.5 Å². The predicted octanol–water partition coefficient (Wildman–Crippen LogP) is 3.77. The summed E-state index contributed by atoms with van der Waals surface area (Å²) < 4.78 is 5.22. The second-order valence-electron chi connectivity index (χ2n) is 5.00. The number of rotatable bonds is 9. The molecule has 0 aliphatic rings. The zero-order valence-electron chi connectivity index (χ0n) is 12.6. The Morgan fingerprint density at radius 1 is 1.35 bits per heavy atom. The molecule has 0 aromatic heterocycles. The van der Waals surface area contributed by atoms with E-state index in [1.807, 2.05) is 19.9 Å². The molecule has 0 aromatic carbocycles. The smallest absolute Gasteiger partial charge is 0.303 e. The Kier molecular flexibility index (Phi) is 10.1. The number of ether oxygens (including phenoxy) is 1. The molecular weight excluding hydrogens is 276 g/mol. The largest absolute Gasteiger partial charge is 0.458 e. The maximum absolute atomic E-state index is 11.1. The van der Waals surface area contributed by atoms with Gasteiger partial charge in [-0.15, -0.1) is 11.6 Å². The van der Waals surface area contributed by atoms with Crippen LogP contribution in [0.15, 0.2) is 35.5 Å². The molecule has 0 fully saturated rings. The summed E-state index contributed by atoms with van der Waals surface area (Å²) in [4.78, 5) is 11.1. The number of aliphatic hydroxyl groups excluding tert-OH is 1. The molecule has 1 N–H and O–H groups in total. The molecule has 0 spiro atoms. The van der Waals surface area contributed by atoms with Crippen molar-refractivity contribution in [2.75, 3.05) is 12.5 Å². The monoisotopic (exact) mass is 300 g/mol. The number of halogens is 1. The third-order valence-electron chi connectivity index (χ3n) is 2.74. The van der Waals surface area contributed by atoms with Crippen molar-refractivity contribution < 1.29 is 14.6 Å². The molecule has 0 heterocycles. The standard InChI is InChI=1S/C16H25ClO3/c1-12(6-5-7-13(2)10-17)8-16(20-15(4)19)9-14(3)11-18/h7-8,16,18H,3,5-6,9-11H2,1-2,4H3/b12-8+,13-7+. The van der Waals surface area contributed by atoms with E-state index in [0.29, 0.717) is 17.9 Å². The van der Waals surface area contributed by atoms with E-state index in [2.05, 4.69) is 12.7 Å². The summed E-state index contributed by atoms with van der Waals surface area (Å²) in [7, 11) is 0. The Bertz CT molecular complexity index is 383. The Morgan fingerprint density at radius 2 is 2.00 bits per heavy atom. The second-order valence-corrected chi connectivity index (χ2v) is 5.26. The first-order valence-electron chi connectivity index (χ1n) is 6.72. The molecule has 3 nitrogen and oxygen atoms in total. The van der Waals surface area contributed by atoms with Crippen LogP contribution in [0.5, 0.6) is 0 Å². The minimum Gasteiger partial charge on any atom is -0.458 e. The minimum atomic E-state index is -0.356. The fourth-order valence-electron chi connectivity index (χ4n) is 1.70. The first-order chi connectivity index (χ1) is 9.38. The molecule has 0 aliphatic heterocycles. The number of allylic oxidation sites excluding steroid dienone is 3. The van der Waals surface area contributed by atoms with Crippen LogP contribution in [0.4, 0.5) is 0 Å². The maximum atomic E-state index is 11.1. The highest BCUT2D eigenvalue weighted by Gasteiger charge is 2.11. The van der Waals surface area contributed by atoms with Crippen molar-refractivity contribution in [2.45, 2.75) is 46.1 Å². The van der Waals surface area contributed by atoms with Gasteiger partial charge in [-0.05, 0) is 38.3 Å². The van der Waals surface area contributed by atoms with E-state index in [0.717, 1.165) is 24.0 Å². The number of aliphatic hydroxyl groups is 1. The SMILES string of the molecule is C=C(CO)CC(/C=C(\C)CC/C=C(\C)CCl)OC(C)=O. The van der Waals surface area contributed by atoms with Crippen molar-refractivity contribution in [3.63, 3.8) is 0 Å². The van der Waals surface area contributed by atoms with Crippen LogP contribution in [0.2, 0.25) is 0 Å². The van der Waals surface area contributed by atoms with Gasteiger partial charge in [0, 0.05) is 19.2 Å². The molecule has 0 saturated heterocycles. The Labute approximate surface area is 127 Å². The van der Waals surface area contributed by atoms with E-state index in [4.69, 9.17) is 21.4 Å². The van der Waals surface area contributed by atoms with Gasteiger partial charge in [-0.25, -0.2) is 0 Å². The van der Waals surface area contributed by atoms with Crippen LogP contribution in [0.1, 0.15) is 40.0 Å². The summed E-state index contributed by atoms with van der Waals surface area (Å²) >= 11 is 5.71. The lowest BCUT2D eigenvalue weighted by atomic mass is 10.0. The zero-order chi connectivity index (χ0) is 15.5. The average molecular weight is 301 g/mol. The van der Waals surface area contributed by atoms with Gasteiger partial charge in [0.05, 0.1) is 6.61 Å². The fraction of sp³-hybridized carbons (Fsp3) is 0.562. The van der Waals surface area contributed by atoms with Crippen LogP contribution >= 0.6 is 11.6 Å². The second kappa shape index (κ2) is 10.7. The highest BCUT2D eigenvalue weighted by atomic mass is 35.5. The van der Waals surface area contributed by atoms with E-state index >= 15 is 0 Å². The van der Waals surface area contributed by atoms with E-state index < -0.39 is 0 Å². The van der Waals surface area contributed by atoms with Gasteiger partial charge >= 0.3 is 5.97 Å². The summed E-state index contributed by atoms with van der Waals surface area (Å²) in [6.45, 7) is 9.01. The number of esters is 1. The first kappa shape index (κ1) is 18.9. The molecular formula is C16H25ClO3. The van der Waals surface area contributed by atoms with E-state index in [9.17, 15) is 4.79 Å². The van der Waals surface area contributed by atoms with E-state index in [1.165, 1.54) is 6.92 Å². The summed E-state index contributed by atoms with van der Waals surface area (Å²) in [5.74, 6) is 0.220. The zero-order valence-corrected chi connectivity index (χ0v) is 13.4. The van der Waals surface area contributed by atoms with Crippen molar-refractivity contribution in [2.24, 2.45) is 0 Å². The normalized spacial score (nSPS) is 14.1. The van der Waals surface area contributed by atoms with Crippen molar-refractivity contribution in [1.82, 2.24) is 0 Å². The van der Waals surface area contributed by atoms with Crippen molar-refractivity contribution in [1.29, 1.82) is 0 Å². The molecule has 0 saturated carbocycles.